The minimum absolute atomic E-state index is 0.0191. The molecule has 7 heteroatoms. The number of aromatic carboxylic acids is 1. The Balaban J connectivity index is 1.61. The summed E-state index contributed by atoms with van der Waals surface area (Å²) in [5.41, 5.74) is 1.55. The highest BCUT2D eigenvalue weighted by atomic mass is 32.1. The minimum atomic E-state index is -1.03. The first kappa shape index (κ1) is 17.6. The van der Waals surface area contributed by atoms with Gasteiger partial charge in [0.05, 0.1) is 12.0 Å². The van der Waals surface area contributed by atoms with Gasteiger partial charge in [0.2, 0.25) is 5.91 Å². The molecule has 1 aliphatic rings. The van der Waals surface area contributed by atoms with Crippen LogP contribution in [0.25, 0.3) is 10.6 Å². The summed E-state index contributed by atoms with van der Waals surface area (Å²) >= 11 is 1.29. The van der Waals surface area contributed by atoms with Crippen molar-refractivity contribution in [3.05, 3.63) is 40.9 Å². The second-order valence-corrected chi connectivity index (χ2v) is 7.10. The van der Waals surface area contributed by atoms with Gasteiger partial charge in [-0.05, 0) is 30.9 Å². The zero-order valence-corrected chi connectivity index (χ0v) is 14.8. The first-order valence-electron chi connectivity index (χ1n) is 8.11. The summed E-state index contributed by atoms with van der Waals surface area (Å²) < 4.78 is 5.48. The predicted molar refractivity (Wildman–Crippen MR) is 94.6 cm³/mol. The normalized spacial score (nSPS) is 15.4. The molecule has 0 spiro atoms. The Morgan fingerprint density at radius 1 is 1.40 bits per heavy atom. The van der Waals surface area contributed by atoms with Crippen LogP contribution in [0.15, 0.2) is 29.6 Å². The van der Waals surface area contributed by atoms with E-state index in [1.54, 1.807) is 7.11 Å². The highest BCUT2D eigenvalue weighted by Crippen LogP contribution is 2.37. The molecule has 1 heterocycles. The molecule has 132 valence electrons. The summed E-state index contributed by atoms with van der Waals surface area (Å²) in [7, 11) is 1.66. The first-order valence-corrected chi connectivity index (χ1v) is 8.99. The number of amides is 1. The minimum Gasteiger partial charge on any atom is -0.476 e. The summed E-state index contributed by atoms with van der Waals surface area (Å²) in [6.45, 7) is 0.420. The molecular formula is C18H20N2O4S. The van der Waals surface area contributed by atoms with E-state index in [4.69, 9.17) is 9.84 Å². The third-order valence-corrected chi connectivity index (χ3v) is 5.46. The van der Waals surface area contributed by atoms with Crippen LogP contribution in [0.2, 0.25) is 0 Å². The van der Waals surface area contributed by atoms with E-state index < -0.39 is 5.97 Å². The molecule has 25 heavy (non-hydrogen) atoms. The van der Waals surface area contributed by atoms with Gasteiger partial charge in [0.25, 0.3) is 0 Å². The number of aromatic nitrogens is 1. The number of carboxylic acids is 1. The average Bonchev–Trinajstić information content (AvgIpc) is 3.07. The van der Waals surface area contributed by atoms with E-state index in [1.807, 2.05) is 24.3 Å². The van der Waals surface area contributed by atoms with Crippen LogP contribution in [0.3, 0.4) is 0 Å². The van der Waals surface area contributed by atoms with Crippen molar-refractivity contribution in [3.8, 4) is 10.6 Å². The highest BCUT2D eigenvalue weighted by molar-refractivity contribution is 7.13. The molecule has 1 aliphatic carbocycles. The molecule has 0 radical (unpaired) electrons. The second-order valence-electron chi connectivity index (χ2n) is 6.24. The number of methoxy groups -OCH3 is 1. The number of nitrogens with zero attached hydrogens (tertiary/aromatic N) is 1. The largest absolute Gasteiger partial charge is 0.476 e. The average molecular weight is 360 g/mol. The standard InChI is InChI=1S/C18H20N2O4S/c1-24-18(6-3-7-18)9-15(21)19-10-12-4-2-5-13(8-12)16-20-14(11-25-16)17(22)23/h2,4-5,8,11H,3,6-7,9-10H2,1H3,(H,19,21)(H,22,23). The lowest BCUT2D eigenvalue weighted by molar-refractivity contribution is -0.134. The van der Waals surface area contributed by atoms with Crippen molar-refractivity contribution < 1.29 is 19.4 Å². The van der Waals surface area contributed by atoms with Gasteiger partial charge < -0.3 is 15.2 Å². The molecule has 0 bridgehead atoms. The molecule has 1 amide bonds. The number of carbonyl (C=O) groups excluding carboxylic acids is 1. The Kier molecular flexibility index (Phi) is 5.15. The van der Waals surface area contributed by atoms with Crippen LogP contribution in [0.1, 0.15) is 41.7 Å². The monoisotopic (exact) mass is 360 g/mol. The SMILES string of the molecule is COC1(CC(=O)NCc2cccc(-c3nc(C(=O)O)cs3)c2)CCC1. The molecule has 2 aromatic rings. The van der Waals surface area contributed by atoms with Crippen molar-refractivity contribution in [2.75, 3.05) is 7.11 Å². The van der Waals surface area contributed by atoms with E-state index in [-0.39, 0.29) is 17.2 Å². The molecule has 3 rings (SSSR count). The van der Waals surface area contributed by atoms with E-state index >= 15 is 0 Å². The quantitative estimate of drug-likeness (QED) is 0.792. The van der Waals surface area contributed by atoms with Crippen LogP contribution in [0, 0.1) is 0 Å². The van der Waals surface area contributed by atoms with Crippen molar-refractivity contribution >= 4 is 23.2 Å². The third-order valence-electron chi connectivity index (χ3n) is 4.57. The van der Waals surface area contributed by atoms with Crippen LogP contribution in [0.5, 0.6) is 0 Å². The summed E-state index contributed by atoms with van der Waals surface area (Å²) in [4.78, 5) is 27.2. The number of carbonyl (C=O) groups is 2. The second kappa shape index (κ2) is 7.33. The van der Waals surface area contributed by atoms with Crippen LogP contribution < -0.4 is 5.32 Å². The van der Waals surface area contributed by atoms with Crippen molar-refractivity contribution in [2.45, 2.75) is 37.8 Å². The summed E-state index contributed by atoms with van der Waals surface area (Å²) in [6, 6.07) is 7.59. The zero-order chi connectivity index (χ0) is 17.9. The zero-order valence-electron chi connectivity index (χ0n) is 13.9. The summed E-state index contributed by atoms with van der Waals surface area (Å²) in [5, 5.41) is 14.1. The van der Waals surface area contributed by atoms with Crippen LogP contribution in [0.4, 0.5) is 0 Å². The van der Waals surface area contributed by atoms with E-state index in [0.29, 0.717) is 18.0 Å². The van der Waals surface area contributed by atoms with Gasteiger partial charge in [-0.2, -0.15) is 0 Å². The summed E-state index contributed by atoms with van der Waals surface area (Å²) in [6.07, 6.45) is 3.36. The van der Waals surface area contributed by atoms with Crippen LogP contribution in [-0.2, 0) is 16.1 Å². The number of benzene rings is 1. The molecule has 2 N–H and O–H groups in total. The van der Waals surface area contributed by atoms with E-state index in [9.17, 15) is 9.59 Å². The smallest absolute Gasteiger partial charge is 0.355 e. The molecule has 1 fully saturated rings. The van der Waals surface area contributed by atoms with Crippen molar-refractivity contribution in [1.29, 1.82) is 0 Å². The van der Waals surface area contributed by atoms with Gasteiger partial charge in [0, 0.05) is 24.6 Å². The topological polar surface area (TPSA) is 88.5 Å². The Morgan fingerprint density at radius 2 is 2.20 bits per heavy atom. The Labute approximate surface area is 149 Å². The number of carboxylic acid groups (broad SMARTS) is 1. The highest BCUT2D eigenvalue weighted by Gasteiger charge is 2.38. The molecule has 0 atom stereocenters. The lowest BCUT2D eigenvalue weighted by Crippen LogP contribution is -2.43. The Morgan fingerprint density at radius 3 is 2.80 bits per heavy atom. The molecule has 6 nitrogen and oxygen atoms in total. The molecule has 0 saturated heterocycles. The molecule has 1 aromatic heterocycles. The molecular weight excluding hydrogens is 340 g/mol. The molecule has 1 saturated carbocycles. The lowest BCUT2D eigenvalue weighted by Gasteiger charge is -2.39. The summed E-state index contributed by atoms with van der Waals surface area (Å²) in [5.74, 6) is -1.05. The Hall–Kier alpha value is -2.25. The van der Waals surface area contributed by atoms with Gasteiger partial charge in [-0.1, -0.05) is 18.2 Å². The van der Waals surface area contributed by atoms with Crippen molar-refractivity contribution in [1.82, 2.24) is 10.3 Å². The van der Waals surface area contributed by atoms with Gasteiger partial charge in [-0.25, -0.2) is 9.78 Å². The van der Waals surface area contributed by atoms with Gasteiger partial charge in [0.1, 0.15) is 5.01 Å². The number of nitrogens with one attached hydrogen (secondary N) is 1. The number of hydrogen-bond acceptors (Lipinski definition) is 5. The maximum Gasteiger partial charge on any atom is 0.355 e. The number of hydrogen-bond donors (Lipinski definition) is 2. The Bertz CT molecular complexity index is 777. The van der Waals surface area contributed by atoms with E-state index in [2.05, 4.69) is 10.3 Å². The fourth-order valence-electron chi connectivity index (χ4n) is 2.90. The van der Waals surface area contributed by atoms with Gasteiger partial charge in [-0.3, -0.25) is 4.79 Å². The molecule has 0 aliphatic heterocycles. The van der Waals surface area contributed by atoms with Crippen LogP contribution in [-0.4, -0.2) is 34.7 Å². The number of ether oxygens (including phenoxy) is 1. The third kappa shape index (κ3) is 4.05. The number of rotatable bonds is 7. The maximum atomic E-state index is 12.2. The maximum absolute atomic E-state index is 12.2. The fraction of sp³-hybridized carbons (Fsp3) is 0.389. The van der Waals surface area contributed by atoms with Crippen LogP contribution >= 0.6 is 11.3 Å². The lowest BCUT2D eigenvalue weighted by atomic mass is 9.77. The van der Waals surface area contributed by atoms with Crippen molar-refractivity contribution in [2.24, 2.45) is 0 Å². The van der Waals surface area contributed by atoms with Gasteiger partial charge >= 0.3 is 5.97 Å². The van der Waals surface area contributed by atoms with Gasteiger partial charge in [0.15, 0.2) is 5.69 Å². The predicted octanol–water partition coefficient (Wildman–Crippen LogP) is 3.08. The number of thiazole rings is 1. The fourth-order valence-corrected chi connectivity index (χ4v) is 3.69. The molecule has 0 unspecified atom stereocenters. The van der Waals surface area contributed by atoms with E-state index in [1.165, 1.54) is 16.7 Å². The van der Waals surface area contributed by atoms with Crippen molar-refractivity contribution in [3.63, 3.8) is 0 Å². The molecule has 1 aromatic carbocycles. The van der Waals surface area contributed by atoms with E-state index in [0.717, 1.165) is 30.4 Å². The first-order chi connectivity index (χ1) is 12.0. The van der Waals surface area contributed by atoms with Gasteiger partial charge in [-0.15, -0.1) is 11.3 Å².